The van der Waals surface area contributed by atoms with Gasteiger partial charge >= 0.3 is 12.1 Å². The Balaban J connectivity index is 0.00000116. The van der Waals surface area contributed by atoms with Gasteiger partial charge in [-0.3, -0.25) is 14.4 Å². The first-order chi connectivity index (χ1) is 23.8. The molecule has 0 unspecified atom stereocenters. The molecule has 0 saturated heterocycles. The van der Waals surface area contributed by atoms with E-state index in [-0.39, 0.29) is 36.3 Å². The molecule has 3 rings (SSSR count). The van der Waals surface area contributed by atoms with Crippen molar-refractivity contribution in [2.24, 2.45) is 11.1 Å². The molecule has 0 aliphatic heterocycles. The number of nitrogens with zero attached hydrogens (tertiary/aromatic N) is 3. The molecule has 0 fully saturated rings. The number of hydrogen-bond donors (Lipinski definition) is 4. The maximum absolute atomic E-state index is 14.9. The van der Waals surface area contributed by atoms with Gasteiger partial charge in [0.2, 0.25) is 11.8 Å². The van der Waals surface area contributed by atoms with Crippen molar-refractivity contribution in [3.8, 4) is 5.69 Å². The highest BCUT2D eigenvalue weighted by atomic mass is 79.9. The van der Waals surface area contributed by atoms with Crippen LogP contribution in [-0.4, -0.2) is 85.7 Å². The van der Waals surface area contributed by atoms with Crippen LogP contribution in [0.4, 0.5) is 22.0 Å². The molecule has 0 aliphatic rings. The van der Waals surface area contributed by atoms with Gasteiger partial charge in [0.1, 0.15) is 29.7 Å². The van der Waals surface area contributed by atoms with Crippen molar-refractivity contribution in [1.82, 2.24) is 20.0 Å². The zero-order valence-electron chi connectivity index (χ0n) is 28.2. The zero-order valence-corrected chi connectivity index (χ0v) is 29.8. The van der Waals surface area contributed by atoms with Crippen molar-refractivity contribution in [3.05, 3.63) is 83.2 Å². The highest BCUT2D eigenvalue weighted by molar-refractivity contribution is 9.09. The Hall–Kier alpha value is -4.22. The van der Waals surface area contributed by atoms with Gasteiger partial charge in [0, 0.05) is 43.8 Å². The SMILES string of the molecule is CC(C)(C)[C@H](c1nn(-c2cc(F)ccc2F)cc1Cc1ccccc1)N(CC[C@H](N)C(=O)NCCCC(=O)CBr)C(=O)CO.O=C(O)C(F)(F)F. The van der Waals surface area contributed by atoms with Crippen LogP contribution in [0, 0.1) is 17.0 Å². The van der Waals surface area contributed by atoms with Crippen molar-refractivity contribution in [3.63, 3.8) is 0 Å². The minimum atomic E-state index is -5.08. The normalized spacial score (nSPS) is 12.7. The van der Waals surface area contributed by atoms with E-state index < -0.39 is 59.7 Å². The minimum absolute atomic E-state index is 0.0178. The molecular weight excluding hydrogens is 749 g/mol. The van der Waals surface area contributed by atoms with Crippen LogP contribution in [0.3, 0.4) is 0 Å². The summed E-state index contributed by atoms with van der Waals surface area (Å²) in [7, 11) is 0. The number of hydrogen-bond acceptors (Lipinski definition) is 7. The number of benzene rings is 2. The molecule has 17 heteroatoms. The maximum Gasteiger partial charge on any atom is 0.490 e. The number of carboxylic acid groups (broad SMARTS) is 1. The van der Waals surface area contributed by atoms with Crippen LogP contribution < -0.4 is 11.1 Å². The lowest BCUT2D eigenvalue weighted by Crippen LogP contribution is -2.47. The van der Waals surface area contributed by atoms with E-state index in [1.54, 1.807) is 6.20 Å². The van der Waals surface area contributed by atoms with Crippen LogP contribution in [0.25, 0.3) is 5.69 Å². The van der Waals surface area contributed by atoms with Gasteiger partial charge in [0.15, 0.2) is 0 Å². The van der Waals surface area contributed by atoms with Crippen LogP contribution in [-0.2, 0) is 25.6 Å². The molecule has 11 nitrogen and oxygen atoms in total. The Morgan fingerprint density at radius 1 is 1.06 bits per heavy atom. The standard InChI is InChI=1S/C32H40BrF2N5O4.C2HF3O2/c1-32(2,3)30(39(28(43)20-41)15-13-26(36)31(44)37-14-7-10-24(42)18-33)29-22(16-21-8-5-4-6-9-21)19-40(38-29)27-17-23(34)11-12-25(27)35;3-2(4,5)1(6)7/h4-6,8-9,11-12,17,19,26,30,41H,7,10,13-16,18,20,36H2,1-3H3,(H,37,44);(H,6,7)/t26-,30-;/m0./s1. The molecule has 280 valence electrons. The van der Waals surface area contributed by atoms with E-state index in [2.05, 4.69) is 21.2 Å². The number of nitrogens with two attached hydrogens (primary N) is 1. The molecule has 5 N–H and O–H groups in total. The number of aromatic nitrogens is 2. The van der Waals surface area contributed by atoms with E-state index in [1.165, 1.54) is 9.58 Å². The van der Waals surface area contributed by atoms with Crippen molar-refractivity contribution in [1.29, 1.82) is 0 Å². The number of carbonyl (C=O) groups excluding carboxylic acids is 3. The van der Waals surface area contributed by atoms with Gasteiger partial charge in [-0.2, -0.15) is 18.3 Å². The molecule has 51 heavy (non-hydrogen) atoms. The second kappa shape index (κ2) is 19.4. The Bertz CT molecular complexity index is 1630. The van der Waals surface area contributed by atoms with E-state index in [0.29, 0.717) is 30.5 Å². The minimum Gasteiger partial charge on any atom is -0.475 e. The van der Waals surface area contributed by atoms with Crippen LogP contribution in [0.5, 0.6) is 0 Å². The number of Topliss-reactive ketones (excluding diaryl/α,β-unsaturated/α-hetero) is 1. The maximum atomic E-state index is 14.9. The number of halogens is 6. The van der Waals surface area contributed by atoms with Crippen LogP contribution >= 0.6 is 15.9 Å². The zero-order chi connectivity index (χ0) is 38.5. The predicted molar refractivity (Wildman–Crippen MR) is 181 cm³/mol. The summed E-state index contributed by atoms with van der Waals surface area (Å²) in [5.74, 6) is -5.04. The summed E-state index contributed by atoms with van der Waals surface area (Å²) >= 11 is 3.11. The molecule has 2 atom stereocenters. The Kier molecular flexibility index (Phi) is 16.3. The molecule has 1 heterocycles. The van der Waals surface area contributed by atoms with Crippen LogP contribution in [0.15, 0.2) is 54.7 Å². The van der Waals surface area contributed by atoms with Gasteiger partial charge < -0.3 is 26.2 Å². The second-order valence-corrected chi connectivity index (χ2v) is 13.1. The number of ketones is 1. The van der Waals surface area contributed by atoms with E-state index in [1.807, 2.05) is 51.1 Å². The summed E-state index contributed by atoms with van der Waals surface area (Å²) in [6.45, 7) is 5.23. The first-order valence-electron chi connectivity index (χ1n) is 15.7. The Labute approximate surface area is 300 Å². The number of carbonyl (C=O) groups is 4. The summed E-state index contributed by atoms with van der Waals surface area (Å²) in [6, 6.07) is 10.9. The summed E-state index contributed by atoms with van der Waals surface area (Å²) in [5.41, 5.74) is 7.51. The monoisotopic (exact) mass is 789 g/mol. The third-order valence-corrected chi connectivity index (χ3v) is 8.03. The summed E-state index contributed by atoms with van der Waals surface area (Å²) in [4.78, 5) is 47.7. The summed E-state index contributed by atoms with van der Waals surface area (Å²) in [6.07, 6.45) is -2.19. The van der Waals surface area contributed by atoms with Crippen LogP contribution in [0.2, 0.25) is 0 Å². The smallest absolute Gasteiger partial charge is 0.475 e. The number of carboxylic acids is 1. The lowest BCUT2D eigenvalue weighted by Gasteiger charge is -2.40. The molecule has 3 aromatic rings. The molecule has 0 aliphatic carbocycles. The predicted octanol–water partition coefficient (Wildman–Crippen LogP) is 4.86. The number of nitrogens with one attached hydrogen (secondary N) is 1. The van der Waals surface area contributed by atoms with Crippen molar-refractivity contribution in [2.75, 3.05) is 25.0 Å². The summed E-state index contributed by atoms with van der Waals surface area (Å²) in [5, 5.41) is 24.8. The number of aliphatic hydroxyl groups excluding tert-OH is 1. The third-order valence-electron chi connectivity index (χ3n) is 7.40. The molecule has 2 amide bonds. The first-order valence-corrected chi connectivity index (χ1v) is 16.8. The van der Waals surface area contributed by atoms with Gasteiger partial charge in [-0.05, 0) is 36.0 Å². The largest absolute Gasteiger partial charge is 0.490 e. The van der Waals surface area contributed by atoms with E-state index in [4.69, 9.17) is 20.7 Å². The van der Waals surface area contributed by atoms with Gasteiger partial charge in [0.25, 0.3) is 0 Å². The molecule has 0 bridgehead atoms. The molecule has 0 spiro atoms. The fourth-order valence-corrected chi connectivity index (χ4v) is 5.29. The number of amides is 2. The quantitative estimate of drug-likeness (QED) is 0.0963. The number of aliphatic carboxylic acids is 1. The fraction of sp³-hybridized carbons (Fsp3) is 0.441. The second-order valence-electron chi connectivity index (χ2n) is 12.5. The highest BCUT2D eigenvalue weighted by Crippen LogP contribution is 2.40. The molecule has 0 saturated carbocycles. The van der Waals surface area contributed by atoms with Crippen molar-refractivity contribution in [2.45, 2.75) is 64.7 Å². The lowest BCUT2D eigenvalue weighted by atomic mass is 9.81. The van der Waals surface area contributed by atoms with E-state index in [9.17, 15) is 41.4 Å². The molecule has 0 radical (unpaired) electrons. The number of alkyl halides is 4. The highest BCUT2D eigenvalue weighted by Gasteiger charge is 2.39. The first kappa shape index (κ1) is 42.9. The topological polar surface area (TPSA) is 168 Å². The average molecular weight is 791 g/mol. The van der Waals surface area contributed by atoms with Gasteiger partial charge in [0.05, 0.1) is 23.1 Å². The summed E-state index contributed by atoms with van der Waals surface area (Å²) < 4.78 is 62.0. The average Bonchev–Trinajstić information content (AvgIpc) is 3.46. The van der Waals surface area contributed by atoms with Crippen LogP contribution in [0.1, 0.15) is 62.9 Å². The number of aliphatic hydroxyl groups is 1. The van der Waals surface area contributed by atoms with Gasteiger partial charge in [-0.25, -0.2) is 18.3 Å². The van der Waals surface area contributed by atoms with E-state index in [0.717, 1.165) is 23.8 Å². The number of rotatable bonds is 15. The van der Waals surface area contributed by atoms with Crippen molar-refractivity contribution < 1.29 is 51.3 Å². The van der Waals surface area contributed by atoms with Crippen molar-refractivity contribution >= 4 is 39.5 Å². The Morgan fingerprint density at radius 3 is 2.24 bits per heavy atom. The third kappa shape index (κ3) is 13.4. The molecule has 2 aromatic carbocycles. The Morgan fingerprint density at radius 2 is 1.69 bits per heavy atom. The van der Waals surface area contributed by atoms with E-state index >= 15 is 0 Å². The van der Waals surface area contributed by atoms with Gasteiger partial charge in [-0.15, -0.1) is 0 Å². The van der Waals surface area contributed by atoms with Gasteiger partial charge in [-0.1, -0.05) is 67.0 Å². The molecular formula is C34H41BrF5N5O6. The fourth-order valence-electron chi connectivity index (χ4n) is 5.01. The molecule has 1 aromatic heterocycles. The lowest BCUT2D eigenvalue weighted by molar-refractivity contribution is -0.192.